The van der Waals surface area contributed by atoms with Gasteiger partial charge in [0.25, 0.3) is 0 Å². The van der Waals surface area contributed by atoms with Gasteiger partial charge in [-0.2, -0.15) is 4.72 Å². The number of aromatic amines is 1. The summed E-state index contributed by atoms with van der Waals surface area (Å²) in [7, 11) is -3.99. The third-order valence-electron chi connectivity index (χ3n) is 5.18. The Morgan fingerprint density at radius 3 is 2.26 bits per heavy atom. The Bertz CT molecular complexity index is 1300. The number of carbonyl (C=O) groups is 1. The number of hydrogen-bond donors (Lipinski definition) is 3. The molecule has 4 rings (SSSR count). The molecule has 3 N–H and O–H groups in total. The minimum atomic E-state index is -3.99. The Morgan fingerprint density at radius 1 is 0.903 bits per heavy atom. The Kier molecular flexibility index (Phi) is 5.88. The maximum absolute atomic E-state index is 12.8. The first-order valence-electron chi connectivity index (χ1n) is 9.85. The molecule has 1 atom stereocenters. The zero-order valence-corrected chi connectivity index (χ0v) is 17.5. The van der Waals surface area contributed by atoms with E-state index in [0.717, 1.165) is 27.6 Å². The van der Waals surface area contributed by atoms with Crippen molar-refractivity contribution in [3.05, 3.63) is 102 Å². The van der Waals surface area contributed by atoms with Crippen molar-refractivity contribution in [1.29, 1.82) is 0 Å². The minimum absolute atomic E-state index is 0.0324. The highest BCUT2D eigenvalue weighted by molar-refractivity contribution is 7.89. The Labute approximate surface area is 180 Å². The van der Waals surface area contributed by atoms with Gasteiger partial charge in [-0.1, -0.05) is 60.7 Å². The molecule has 0 saturated heterocycles. The van der Waals surface area contributed by atoms with Crippen LogP contribution in [0.5, 0.6) is 0 Å². The molecule has 0 spiro atoms. The second kappa shape index (κ2) is 8.75. The Morgan fingerprint density at radius 2 is 1.55 bits per heavy atom. The van der Waals surface area contributed by atoms with E-state index >= 15 is 0 Å². The molecule has 158 valence electrons. The molecule has 0 aliphatic rings. The molecule has 0 fully saturated rings. The lowest BCUT2D eigenvalue weighted by Gasteiger charge is -2.15. The van der Waals surface area contributed by atoms with Gasteiger partial charge >= 0.3 is 5.97 Å². The number of nitrogens with one attached hydrogen (secondary N) is 2. The molecule has 6 nitrogen and oxygen atoms in total. The summed E-state index contributed by atoms with van der Waals surface area (Å²) in [6.07, 6.45) is 2.44. The summed E-state index contributed by atoms with van der Waals surface area (Å²) in [5.41, 5.74) is 3.71. The number of hydrogen-bond acceptors (Lipinski definition) is 3. The average molecular weight is 435 g/mol. The van der Waals surface area contributed by atoms with Crippen LogP contribution in [0.3, 0.4) is 0 Å². The van der Waals surface area contributed by atoms with Crippen LogP contribution in [0.1, 0.15) is 16.7 Å². The van der Waals surface area contributed by atoms with Crippen molar-refractivity contribution in [2.75, 3.05) is 0 Å². The van der Waals surface area contributed by atoms with Crippen molar-refractivity contribution in [3.8, 4) is 0 Å². The highest BCUT2D eigenvalue weighted by atomic mass is 32.2. The first-order chi connectivity index (χ1) is 14.9. The molecule has 0 bridgehead atoms. The van der Waals surface area contributed by atoms with E-state index in [0.29, 0.717) is 6.42 Å². The first kappa shape index (κ1) is 20.8. The van der Waals surface area contributed by atoms with Crippen molar-refractivity contribution in [2.24, 2.45) is 0 Å². The number of benzene rings is 3. The number of fused-ring (bicyclic) bond motifs is 1. The quantitative estimate of drug-likeness (QED) is 0.393. The van der Waals surface area contributed by atoms with E-state index in [2.05, 4.69) is 9.71 Å². The summed E-state index contributed by atoms with van der Waals surface area (Å²) in [4.78, 5) is 14.9. The SMILES string of the molecule is O=C(O)[C@@H](Cc1c[nH]c2ccccc12)NS(=O)(=O)c1ccc(Cc2ccccc2)cc1. The van der Waals surface area contributed by atoms with E-state index in [9.17, 15) is 18.3 Å². The van der Waals surface area contributed by atoms with Crippen LogP contribution in [0.25, 0.3) is 10.9 Å². The molecule has 4 aromatic rings. The number of para-hydroxylation sites is 1. The Hall–Kier alpha value is -3.42. The number of H-pyrrole nitrogens is 1. The van der Waals surface area contributed by atoms with E-state index in [4.69, 9.17) is 0 Å². The fourth-order valence-electron chi connectivity index (χ4n) is 3.57. The summed E-state index contributed by atoms with van der Waals surface area (Å²) >= 11 is 0. The average Bonchev–Trinajstić information content (AvgIpc) is 3.17. The molecule has 0 aliphatic heterocycles. The Balaban J connectivity index is 1.51. The lowest BCUT2D eigenvalue weighted by molar-refractivity contribution is -0.138. The second-order valence-electron chi connectivity index (χ2n) is 7.38. The van der Waals surface area contributed by atoms with Crippen LogP contribution >= 0.6 is 0 Å². The van der Waals surface area contributed by atoms with E-state index in [-0.39, 0.29) is 11.3 Å². The summed E-state index contributed by atoms with van der Waals surface area (Å²) in [5, 5.41) is 10.5. The minimum Gasteiger partial charge on any atom is -0.480 e. The maximum atomic E-state index is 12.8. The molecule has 0 saturated carbocycles. The molecular weight excluding hydrogens is 412 g/mol. The molecule has 0 radical (unpaired) electrons. The van der Waals surface area contributed by atoms with Gasteiger partial charge in [-0.25, -0.2) is 8.42 Å². The third kappa shape index (κ3) is 4.84. The van der Waals surface area contributed by atoms with Crippen molar-refractivity contribution in [2.45, 2.75) is 23.8 Å². The van der Waals surface area contributed by atoms with Gasteiger partial charge in [0.1, 0.15) is 6.04 Å². The number of rotatable bonds is 8. The summed E-state index contributed by atoms with van der Waals surface area (Å²) in [6.45, 7) is 0. The van der Waals surface area contributed by atoms with Crippen molar-refractivity contribution in [3.63, 3.8) is 0 Å². The van der Waals surface area contributed by atoms with Gasteiger partial charge in [0.2, 0.25) is 10.0 Å². The molecule has 0 aliphatic carbocycles. The topological polar surface area (TPSA) is 99.3 Å². The predicted octanol–water partition coefficient (Wildman–Crippen LogP) is 3.73. The van der Waals surface area contributed by atoms with Crippen LogP contribution in [0.15, 0.2) is 90.0 Å². The number of aliphatic carboxylic acids is 1. The highest BCUT2D eigenvalue weighted by Gasteiger charge is 2.26. The zero-order chi connectivity index (χ0) is 21.8. The molecule has 1 heterocycles. The number of carboxylic acids is 1. The zero-order valence-electron chi connectivity index (χ0n) is 16.7. The lowest BCUT2D eigenvalue weighted by atomic mass is 10.1. The summed E-state index contributed by atoms with van der Waals surface area (Å²) < 4.78 is 28.0. The van der Waals surface area contributed by atoms with Crippen molar-refractivity contribution >= 4 is 26.9 Å². The molecule has 7 heteroatoms. The smallest absolute Gasteiger partial charge is 0.322 e. The van der Waals surface area contributed by atoms with Gasteiger partial charge in [-0.15, -0.1) is 0 Å². The van der Waals surface area contributed by atoms with E-state index in [1.54, 1.807) is 18.3 Å². The fourth-order valence-corrected chi connectivity index (χ4v) is 4.76. The molecular formula is C24H22N2O4S. The maximum Gasteiger partial charge on any atom is 0.322 e. The first-order valence-corrected chi connectivity index (χ1v) is 11.3. The third-order valence-corrected chi connectivity index (χ3v) is 6.67. The number of aromatic nitrogens is 1. The molecule has 0 unspecified atom stereocenters. The van der Waals surface area contributed by atoms with Crippen LogP contribution in [0.4, 0.5) is 0 Å². The molecule has 31 heavy (non-hydrogen) atoms. The van der Waals surface area contributed by atoms with Crippen molar-refractivity contribution in [1.82, 2.24) is 9.71 Å². The monoisotopic (exact) mass is 434 g/mol. The largest absolute Gasteiger partial charge is 0.480 e. The van der Waals surface area contributed by atoms with Gasteiger partial charge in [-0.05, 0) is 41.3 Å². The standard InChI is InChI=1S/C24H22N2O4S/c27-24(28)23(15-19-16-25-22-9-5-4-8-21(19)22)26-31(29,30)20-12-10-18(11-13-20)14-17-6-2-1-3-7-17/h1-13,16,23,25-26H,14-15H2,(H,27,28)/t23-/m1/s1. The van der Waals surface area contributed by atoms with Gasteiger partial charge in [0.15, 0.2) is 0 Å². The molecule has 0 amide bonds. The normalized spacial score (nSPS) is 12.6. The van der Waals surface area contributed by atoms with Gasteiger partial charge in [0.05, 0.1) is 4.90 Å². The van der Waals surface area contributed by atoms with Crippen LogP contribution in [0, 0.1) is 0 Å². The predicted molar refractivity (Wildman–Crippen MR) is 119 cm³/mol. The van der Waals surface area contributed by atoms with Crippen molar-refractivity contribution < 1.29 is 18.3 Å². The van der Waals surface area contributed by atoms with Gasteiger partial charge in [0, 0.05) is 23.5 Å². The van der Waals surface area contributed by atoms with Crippen LogP contribution in [-0.4, -0.2) is 30.5 Å². The summed E-state index contributed by atoms with van der Waals surface area (Å²) in [6, 6.07) is 22.6. The van der Waals surface area contributed by atoms with Crippen LogP contribution in [0.2, 0.25) is 0 Å². The molecule has 3 aromatic carbocycles. The van der Waals surface area contributed by atoms with Gasteiger partial charge < -0.3 is 10.1 Å². The van der Waals surface area contributed by atoms with E-state index in [1.807, 2.05) is 54.6 Å². The fraction of sp³-hybridized carbons (Fsp3) is 0.125. The lowest BCUT2D eigenvalue weighted by Crippen LogP contribution is -2.42. The molecule has 1 aromatic heterocycles. The van der Waals surface area contributed by atoms with Crippen LogP contribution < -0.4 is 4.72 Å². The second-order valence-corrected chi connectivity index (χ2v) is 9.10. The summed E-state index contributed by atoms with van der Waals surface area (Å²) in [5.74, 6) is -1.23. The van der Waals surface area contributed by atoms with Gasteiger partial charge in [-0.3, -0.25) is 4.79 Å². The van der Waals surface area contributed by atoms with E-state index in [1.165, 1.54) is 12.1 Å². The van der Waals surface area contributed by atoms with Crippen LogP contribution in [-0.2, 0) is 27.7 Å². The number of sulfonamides is 1. The van der Waals surface area contributed by atoms with E-state index < -0.39 is 22.0 Å². The highest BCUT2D eigenvalue weighted by Crippen LogP contribution is 2.20. The number of carboxylic acid groups (broad SMARTS) is 1.